The van der Waals surface area contributed by atoms with Crippen LogP contribution in [0.15, 0.2) is 48.1 Å². The molecule has 3 aromatic heterocycles. The lowest BCUT2D eigenvalue weighted by molar-refractivity contribution is -0.144. The van der Waals surface area contributed by atoms with Gasteiger partial charge < -0.3 is 41.1 Å². The Labute approximate surface area is 404 Å². The molecular formula is C49H73N11O7S. The predicted octanol–water partition coefficient (Wildman–Crippen LogP) is 4.13. The molecule has 19 heteroatoms. The topological polar surface area (TPSA) is 219 Å². The van der Waals surface area contributed by atoms with Crippen molar-refractivity contribution in [2.24, 2.45) is 5.41 Å². The van der Waals surface area contributed by atoms with E-state index in [-0.39, 0.29) is 38.5 Å². The smallest absolute Gasteiger partial charge is 0.290 e. The largest absolute Gasteiger partial charge is 0.483 e. The standard InChI is InChI=1S/C48H71N11O5S.CH2O2/c1-7-34(8-2)39-27-42(59-41(54-39)15-16-52-59)53-37-14-13-36(25-37)49-17-18-56-19-21-57(22-20-56)23-24-64-30-43(61)55-45(48(4,5)6)47(63)58-29-38(60)26-40(58)46(62)50-28-33-9-11-35(12-10-33)44-32(3)51-31-65-44;2-1-3/h9-12,15-16,27,31,34,36-38,40,45,49,53,60H,7-8,13-14,17-26,28-30H2,1-6H3,(H,50,62)(H,55,61);1H,(H,2,3)/t36-,37-,38+,40-,45+;/m0./s1. The lowest BCUT2D eigenvalue weighted by Gasteiger charge is -2.35. The number of aliphatic hydroxyl groups excluding tert-OH is 1. The van der Waals surface area contributed by atoms with E-state index in [1.54, 1.807) is 11.3 Å². The highest BCUT2D eigenvalue weighted by Gasteiger charge is 2.44. The molecule has 3 fully saturated rings. The van der Waals surface area contributed by atoms with Crippen molar-refractivity contribution in [2.45, 2.75) is 123 Å². The third-order valence-corrected chi connectivity index (χ3v) is 14.4. The molecule has 2 aliphatic heterocycles. The fourth-order valence-electron chi connectivity index (χ4n) is 9.46. The molecule has 5 atom stereocenters. The van der Waals surface area contributed by atoms with Crippen molar-refractivity contribution in [3.8, 4) is 10.4 Å². The SMILES string of the molecule is CCC(CC)c1cc(N[C@H]2CC[C@H](NCCN3CCN(CCOCC(=O)N[C@H](C(=O)N4C[C@H](O)C[C@H]4C(=O)NCc4ccc(-c5scnc5C)cc4)C(C)(C)C)CC3)C2)n2nccc2n1.O=CO. The van der Waals surface area contributed by atoms with Crippen LogP contribution in [0.25, 0.3) is 16.1 Å². The highest BCUT2D eigenvalue weighted by atomic mass is 32.1. The van der Waals surface area contributed by atoms with Gasteiger partial charge in [-0.25, -0.2) is 9.97 Å². The van der Waals surface area contributed by atoms with Crippen molar-refractivity contribution in [3.05, 3.63) is 65.1 Å². The maximum atomic E-state index is 14.0. The summed E-state index contributed by atoms with van der Waals surface area (Å²) in [4.78, 5) is 65.7. The molecule has 3 amide bonds. The molecule has 1 saturated carbocycles. The average Bonchev–Trinajstić information content (AvgIpc) is 4.15. The number of β-amino-alcohol motifs (C(OH)–C–C–N with tert-alkyl or cyclic N) is 1. The number of fused-ring (bicyclic) bond motifs is 1. The number of nitrogens with one attached hydrogen (secondary N) is 4. The number of hydrogen-bond acceptors (Lipinski definition) is 14. The first-order chi connectivity index (χ1) is 32.7. The van der Waals surface area contributed by atoms with Gasteiger partial charge in [-0.1, -0.05) is 58.9 Å². The summed E-state index contributed by atoms with van der Waals surface area (Å²) in [6.45, 7) is 18.9. The number of carbonyl (C=O) groups is 4. The van der Waals surface area contributed by atoms with Crippen molar-refractivity contribution in [2.75, 3.05) is 70.9 Å². The second-order valence-electron chi connectivity index (χ2n) is 19.3. The van der Waals surface area contributed by atoms with Crippen LogP contribution < -0.4 is 21.3 Å². The number of thiazole rings is 1. The van der Waals surface area contributed by atoms with Gasteiger partial charge in [0.25, 0.3) is 6.47 Å². The third-order valence-electron chi connectivity index (χ3n) is 13.4. The molecule has 0 unspecified atom stereocenters. The van der Waals surface area contributed by atoms with E-state index >= 15 is 0 Å². The normalized spacial score (nSPS) is 20.6. The molecule has 18 nitrogen and oxygen atoms in total. The summed E-state index contributed by atoms with van der Waals surface area (Å²) < 4.78 is 7.75. The maximum absolute atomic E-state index is 14.0. The summed E-state index contributed by atoms with van der Waals surface area (Å²) in [6.07, 6.45) is 6.61. The van der Waals surface area contributed by atoms with Crippen LogP contribution in [0.5, 0.6) is 0 Å². The van der Waals surface area contributed by atoms with Crippen molar-refractivity contribution in [3.63, 3.8) is 0 Å². The van der Waals surface area contributed by atoms with E-state index in [1.807, 2.05) is 74.2 Å². The molecular weight excluding hydrogens is 887 g/mol. The van der Waals surface area contributed by atoms with Crippen LogP contribution in [-0.2, 0) is 30.5 Å². The number of anilines is 1. The number of likely N-dealkylation sites (tertiary alicyclic amines) is 1. The van der Waals surface area contributed by atoms with Crippen molar-refractivity contribution >= 4 is 47.0 Å². The zero-order valence-electron chi connectivity index (χ0n) is 40.7. The summed E-state index contributed by atoms with van der Waals surface area (Å²) in [6, 6.07) is 11.3. The molecule has 0 bridgehead atoms. The van der Waals surface area contributed by atoms with Crippen LogP contribution in [-0.4, -0.2) is 165 Å². The number of aromatic nitrogens is 4. The average molecular weight is 960 g/mol. The molecule has 0 spiro atoms. The van der Waals surface area contributed by atoms with Gasteiger partial charge in [0.15, 0.2) is 5.65 Å². The molecule has 6 N–H and O–H groups in total. The fourth-order valence-corrected chi connectivity index (χ4v) is 10.3. The molecule has 3 aliphatic rings. The summed E-state index contributed by atoms with van der Waals surface area (Å²) in [5, 5.41) is 35.5. The molecule has 68 heavy (non-hydrogen) atoms. The van der Waals surface area contributed by atoms with E-state index in [9.17, 15) is 19.5 Å². The zero-order valence-corrected chi connectivity index (χ0v) is 41.5. The van der Waals surface area contributed by atoms with Crippen LogP contribution >= 0.6 is 11.3 Å². The Bertz CT molecular complexity index is 2240. The summed E-state index contributed by atoms with van der Waals surface area (Å²) in [7, 11) is 0. The third kappa shape index (κ3) is 14.3. The van der Waals surface area contributed by atoms with E-state index in [2.05, 4.69) is 61.1 Å². The van der Waals surface area contributed by atoms with E-state index in [4.69, 9.17) is 19.6 Å². The molecule has 2 saturated heterocycles. The van der Waals surface area contributed by atoms with Gasteiger partial charge in [0.05, 0.1) is 35.0 Å². The number of ether oxygens (including phenoxy) is 1. The Kier molecular flexibility index (Phi) is 19.2. The second kappa shape index (κ2) is 25.0. The second-order valence-corrected chi connectivity index (χ2v) is 20.1. The van der Waals surface area contributed by atoms with Gasteiger partial charge in [-0.3, -0.25) is 29.0 Å². The molecule has 0 radical (unpaired) electrons. The molecule has 1 aromatic carbocycles. The van der Waals surface area contributed by atoms with Gasteiger partial charge in [-0.15, -0.1) is 11.3 Å². The zero-order chi connectivity index (χ0) is 48.8. The van der Waals surface area contributed by atoms with E-state index in [0.29, 0.717) is 24.6 Å². The Morgan fingerprint density at radius 1 is 0.985 bits per heavy atom. The Hall–Kier alpha value is -5.05. The number of carboxylic acid groups (broad SMARTS) is 1. The quantitative estimate of drug-likeness (QED) is 0.0543. The molecule has 372 valence electrons. The van der Waals surface area contributed by atoms with Gasteiger partial charge in [0, 0.05) is 101 Å². The molecule has 1 aliphatic carbocycles. The Balaban J connectivity index is 0.00000247. The van der Waals surface area contributed by atoms with Crippen LogP contribution in [0.4, 0.5) is 5.82 Å². The van der Waals surface area contributed by atoms with E-state index in [1.165, 1.54) is 4.90 Å². The van der Waals surface area contributed by atoms with Gasteiger partial charge >= 0.3 is 0 Å². The highest BCUT2D eigenvalue weighted by molar-refractivity contribution is 7.13. The van der Waals surface area contributed by atoms with Gasteiger partial charge in [-0.05, 0) is 55.6 Å². The minimum Gasteiger partial charge on any atom is -0.483 e. The number of aryl methyl sites for hydroxylation is 1. The minimum absolute atomic E-state index is 0.0184. The first-order valence-electron chi connectivity index (χ1n) is 24.2. The van der Waals surface area contributed by atoms with Crippen LogP contribution in [0.1, 0.15) is 96.0 Å². The van der Waals surface area contributed by atoms with E-state index < -0.39 is 35.4 Å². The van der Waals surface area contributed by atoms with Crippen LogP contribution in [0.3, 0.4) is 0 Å². The molecule has 7 rings (SSSR count). The van der Waals surface area contributed by atoms with Gasteiger partial charge in [-0.2, -0.15) is 9.61 Å². The number of aliphatic hydroxyl groups is 1. The predicted molar refractivity (Wildman–Crippen MR) is 263 cm³/mol. The van der Waals surface area contributed by atoms with Gasteiger partial charge in [0.1, 0.15) is 24.5 Å². The minimum atomic E-state index is -0.912. The summed E-state index contributed by atoms with van der Waals surface area (Å²) >= 11 is 1.59. The van der Waals surface area contributed by atoms with Crippen molar-refractivity contribution in [1.29, 1.82) is 0 Å². The van der Waals surface area contributed by atoms with Gasteiger partial charge in [0.2, 0.25) is 17.7 Å². The Morgan fingerprint density at radius 2 is 1.68 bits per heavy atom. The first kappa shape index (κ1) is 52.3. The summed E-state index contributed by atoms with van der Waals surface area (Å²) in [5.74, 6) is 0.360. The molecule has 5 heterocycles. The van der Waals surface area contributed by atoms with E-state index in [0.717, 1.165) is 117 Å². The van der Waals surface area contributed by atoms with Crippen molar-refractivity contribution < 1.29 is 34.1 Å². The number of carbonyl (C=O) groups excluding carboxylic acids is 3. The monoisotopic (exact) mass is 960 g/mol. The number of piperazine rings is 1. The fraction of sp³-hybridized carbons (Fsp3) is 0.612. The Morgan fingerprint density at radius 3 is 2.34 bits per heavy atom. The summed E-state index contributed by atoms with van der Waals surface area (Å²) in [5.41, 5.74) is 6.17. The van der Waals surface area contributed by atoms with Crippen LogP contribution in [0.2, 0.25) is 0 Å². The van der Waals surface area contributed by atoms with Crippen LogP contribution in [0, 0.1) is 12.3 Å². The molecule has 4 aromatic rings. The van der Waals surface area contributed by atoms with Crippen molar-refractivity contribution in [1.82, 2.24) is 50.2 Å². The first-order valence-corrected chi connectivity index (χ1v) is 25.1. The number of amides is 3. The highest BCUT2D eigenvalue weighted by Crippen LogP contribution is 2.30. The maximum Gasteiger partial charge on any atom is 0.290 e. The number of nitrogens with zero attached hydrogens (tertiary/aromatic N) is 7. The number of rotatable bonds is 20. The lowest BCUT2D eigenvalue weighted by Crippen LogP contribution is -2.58. The number of hydrogen-bond donors (Lipinski definition) is 6. The number of benzene rings is 1. The lowest BCUT2D eigenvalue weighted by atomic mass is 9.85.